The van der Waals surface area contributed by atoms with Gasteiger partial charge in [0.2, 0.25) is 5.91 Å². The highest BCUT2D eigenvalue weighted by molar-refractivity contribution is 5.76. The molecule has 1 atom stereocenters. The fraction of sp³-hybridized carbons (Fsp3) is 0.533. The van der Waals surface area contributed by atoms with Crippen LogP contribution in [0.3, 0.4) is 0 Å². The molecule has 0 aliphatic carbocycles. The van der Waals surface area contributed by atoms with Gasteiger partial charge in [-0.25, -0.2) is 0 Å². The van der Waals surface area contributed by atoms with E-state index in [0.29, 0.717) is 13.0 Å². The molecule has 0 aliphatic heterocycles. The summed E-state index contributed by atoms with van der Waals surface area (Å²) in [6.45, 7) is 6.62. The number of nitrogens with one attached hydrogen (secondary N) is 1. The van der Waals surface area contributed by atoms with Gasteiger partial charge in [-0.2, -0.15) is 0 Å². The van der Waals surface area contributed by atoms with E-state index in [2.05, 4.69) is 5.32 Å². The molecule has 0 aliphatic rings. The van der Waals surface area contributed by atoms with Gasteiger partial charge in [0.25, 0.3) is 0 Å². The molecule has 19 heavy (non-hydrogen) atoms. The van der Waals surface area contributed by atoms with Gasteiger partial charge in [-0.1, -0.05) is 32.9 Å². The molecule has 1 aromatic carbocycles. The summed E-state index contributed by atoms with van der Waals surface area (Å²) in [5.41, 5.74) is 6.96. The van der Waals surface area contributed by atoms with Gasteiger partial charge in [0.15, 0.2) is 0 Å². The second-order valence-corrected chi connectivity index (χ2v) is 5.80. The van der Waals surface area contributed by atoms with Crippen LogP contribution in [0.5, 0.6) is 5.75 Å². The molecule has 4 nitrogen and oxygen atoms in total. The molecule has 0 bridgehead atoms. The van der Waals surface area contributed by atoms with Crippen LogP contribution in [0.1, 0.15) is 32.8 Å². The minimum Gasteiger partial charge on any atom is -0.497 e. The molecule has 1 rings (SSSR count). The normalized spacial score (nSPS) is 12.9. The van der Waals surface area contributed by atoms with Crippen LogP contribution in [-0.2, 0) is 11.3 Å². The lowest BCUT2D eigenvalue weighted by Gasteiger charge is -2.26. The Kier molecular flexibility index (Phi) is 5.36. The Bertz CT molecular complexity index is 407. The summed E-state index contributed by atoms with van der Waals surface area (Å²) >= 11 is 0. The molecule has 1 unspecified atom stereocenters. The van der Waals surface area contributed by atoms with Gasteiger partial charge in [-0.3, -0.25) is 4.79 Å². The molecule has 0 saturated heterocycles. The molecule has 0 radical (unpaired) electrons. The number of nitrogens with two attached hydrogens (primary N) is 1. The smallest absolute Gasteiger partial charge is 0.221 e. The second-order valence-electron chi connectivity index (χ2n) is 5.80. The van der Waals surface area contributed by atoms with Crippen molar-refractivity contribution in [3.63, 3.8) is 0 Å². The van der Waals surface area contributed by atoms with Crippen LogP contribution in [-0.4, -0.2) is 19.1 Å². The zero-order chi connectivity index (χ0) is 14.5. The highest BCUT2D eigenvalue weighted by Crippen LogP contribution is 2.19. The molecular weight excluding hydrogens is 240 g/mol. The molecule has 4 heteroatoms. The molecule has 106 valence electrons. The van der Waals surface area contributed by atoms with E-state index in [1.165, 1.54) is 0 Å². The number of carbonyl (C=O) groups is 1. The Hall–Kier alpha value is -1.55. The van der Waals surface area contributed by atoms with Crippen molar-refractivity contribution >= 4 is 5.91 Å². The highest BCUT2D eigenvalue weighted by Gasteiger charge is 2.22. The number of hydrogen-bond acceptors (Lipinski definition) is 3. The van der Waals surface area contributed by atoms with Crippen LogP contribution in [0.2, 0.25) is 0 Å². The molecule has 0 aromatic heterocycles. The van der Waals surface area contributed by atoms with E-state index in [-0.39, 0.29) is 17.4 Å². The molecule has 0 spiro atoms. The van der Waals surface area contributed by atoms with Crippen LogP contribution in [0.25, 0.3) is 0 Å². The number of methoxy groups -OCH3 is 1. The van der Waals surface area contributed by atoms with Crippen LogP contribution in [0.15, 0.2) is 24.3 Å². The topological polar surface area (TPSA) is 64.3 Å². The largest absolute Gasteiger partial charge is 0.497 e. The average Bonchev–Trinajstić information content (AvgIpc) is 2.35. The maximum Gasteiger partial charge on any atom is 0.221 e. The third-order valence-corrected chi connectivity index (χ3v) is 3.17. The van der Waals surface area contributed by atoms with E-state index in [4.69, 9.17) is 10.5 Å². The SMILES string of the molecule is COc1ccc(CNC(=O)CC(N)C(C)(C)C)cc1. The lowest BCUT2D eigenvalue weighted by molar-refractivity contribution is -0.122. The van der Waals surface area contributed by atoms with E-state index in [1.54, 1.807) is 7.11 Å². The van der Waals surface area contributed by atoms with Crippen LogP contribution in [0, 0.1) is 5.41 Å². The summed E-state index contributed by atoms with van der Waals surface area (Å²) < 4.78 is 5.08. The van der Waals surface area contributed by atoms with Crippen molar-refractivity contribution in [2.24, 2.45) is 11.1 Å². The predicted octanol–water partition coefficient (Wildman–Crippen LogP) is 2.07. The fourth-order valence-corrected chi connectivity index (χ4v) is 1.52. The zero-order valence-electron chi connectivity index (χ0n) is 12.2. The maximum absolute atomic E-state index is 11.8. The van der Waals surface area contributed by atoms with Crippen molar-refractivity contribution in [2.45, 2.75) is 39.8 Å². The Morgan fingerprint density at radius 1 is 1.32 bits per heavy atom. The standard InChI is InChI=1S/C15H24N2O2/c1-15(2,3)13(16)9-14(18)17-10-11-5-7-12(19-4)8-6-11/h5-8,13H,9-10,16H2,1-4H3,(H,17,18). The lowest BCUT2D eigenvalue weighted by Crippen LogP contribution is -2.40. The van der Waals surface area contributed by atoms with Gasteiger partial charge in [0, 0.05) is 19.0 Å². The molecule has 3 N–H and O–H groups in total. The molecule has 0 saturated carbocycles. The minimum absolute atomic E-state index is 0.0155. The number of carbonyl (C=O) groups excluding carboxylic acids is 1. The maximum atomic E-state index is 11.8. The summed E-state index contributed by atoms with van der Waals surface area (Å²) in [4.78, 5) is 11.8. The molecule has 1 aromatic rings. The van der Waals surface area contributed by atoms with Gasteiger partial charge in [0.1, 0.15) is 5.75 Å². The van der Waals surface area contributed by atoms with Crippen molar-refractivity contribution in [3.05, 3.63) is 29.8 Å². The van der Waals surface area contributed by atoms with E-state index in [9.17, 15) is 4.79 Å². The van der Waals surface area contributed by atoms with Crippen molar-refractivity contribution in [2.75, 3.05) is 7.11 Å². The Balaban J connectivity index is 2.41. The fourth-order valence-electron chi connectivity index (χ4n) is 1.52. The highest BCUT2D eigenvalue weighted by atomic mass is 16.5. The van der Waals surface area contributed by atoms with E-state index < -0.39 is 0 Å². The van der Waals surface area contributed by atoms with Gasteiger partial charge >= 0.3 is 0 Å². The summed E-state index contributed by atoms with van der Waals surface area (Å²) in [6.07, 6.45) is 0.347. The monoisotopic (exact) mass is 264 g/mol. The minimum atomic E-state index is -0.136. The summed E-state index contributed by atoms with van der Waals surface area (Å²) in [6, 6.07) is 7.49. The van der Waals surface area contributed by atoms with Gasteiger partial charge in [-0.15, -0.1) is 0 Å². The quantitative estimate of drug-likeness (QED) is 0.855. The molecule has 1 amide bonds. The summed E-state index contributed by atoms with van der Waals surface area (Å²) in [5.74, 6) is 0.795. The first-order valence-electron chi connectivity index (χ1n) is 6.48. The first-order chi connectivity index (χ1) is 8.82. The molecule has 0 fully saturated rings. The summed E-state index contributed by atoms with van der Waals surface area (Å²) in [7, 11) is 1.63. The van der Waals surface area contributed by atoms with Crippen molar-refractivity contribution in [1.29, 1.82) is 0 Å². The Morgan fingerprint density at radius 2 is 1.89 bits per heavy atom. The Labute approximate surface area is 115 Å². The van der Waals surface area contributed by atoms with Gasteiger partial charge in [0.05, 0.1) is 7.11 Å². The summed E-state index contributed by atoms with van der Waals surface area (Å²) in [5, 5.41) is 2.88. The van der Waals surface area contributed by atoms with Crippen molar-refractivity contribution in [3.8, 4) is 5.75 Å². The van der Waals surface area contributed by atoms with E-state index in [0.717, 1.165) is 11.3 Å². The number of ether oxygens (including phenoxy) is 1. The third kappa shape index (κ3) is 5.30. The number of rotatable bonds is 5. The van der Waals surface area contributed by atoms with E-state index >= 15 is 0 Å². The third-order valence-electron chi connectivity index (χ3n) is 3.17. The average molecular weight is 264 g/mol. The first kappa shape index (κ1) is 15.5. The predicted molar refractivity (Wildman–Crippen MR) is 76.9 cm³/mol. The zero-order valence-corrected chi connectivity index (χ0v) is 12.2. The van der Waals surface area contributed by atoms with Crippen LogP contribution in [0.4, 0.5) is 0 Å². The molecular formula is C15H24N2O2. The second kappa shape index (κ2) is 6.57. The van der Waals surface area contributed by atoms with Crippen molar-refractivity contribution in [1.82, 2.24) is 5.32 Å². The van der Waals surface area contributed by atoms with Crippen LogP contribution < -0.4 is 15.8 Å². The number of hydrogen-bond donors (Lipinski definition) is 2. The number of amides is 1. The first-order valence-corrected chi connectivity index (χ1v) is 6.48. The van der Waals surface area contributed by atoms with Gasteiger partial charge < -0.3 is 15.8 Å². The Morgan fingerprint density at radius 3 is 2.37 bits per heavy atom. The lowest BCUT2D eigenvalue weighted by atomic mass is 9.85. The van der Waals surface area contributed by atoms with Crippen LogP contribution >= 0.6 is 0 Å². The van der Waals surface area contributed by atoms with E-state index in [1.807, 2.05) is 45.0 Å². The molecule has 0 heterocycles. The van der Waals surface area contributed by atoms with Gasteiger partial charge in [-0.05, 0) is 23.1 Å². The van der Waals surface area contributed by atoms with Crippen molar-refractivity contribution < 1.29 is 9.53 Å². The number of benzene rings is 1.